The molecule has 0 saturated carbocycles. The lowest BCUT2D eigenvalue weighted by molar-refractivity contribution is -0.142. The molecule has 4 amide bonds. The summed E-state index contributed by atoms with van der Waals surface area (Å²) in [6, 6.07) is 0.175. The molecule has 0 aliphatic rings. The van der Waals surface area contributed by atoms with Crippen LogP contribution < -0.4 is 27.4 Å². The highest BCUT2D eigenvalue weighted by atomic mass is 16.4. The molecule has 0 spiro atoms. The monoisotopic (exact) mass is 495 g/mol. The normalized spacial score (nSPS) is 14.0. The van der Waals surface area contributed by atoms with E-state index in [1.54, 1.807) is 0 Å². The van der Waals surface area contributed by atoms with E-state index in [9.17, 15) is 33.9 Å². The third kappa shape index (κ3) is 10.5. The van der Waals surface area contributed by atoms with E-state index in [-0.39, 0.29) is 25.0 Å². The van der Waals surface area contributed by atoms with Crippen molar-refractivity contribution in [2.24, 2.45) is 11.5 Å². The molecule has 0 aliphatic heterocycles. The van der Waals surface area contributed by atoms with E-state index in [1.807, 2.05) is 0 Å². The van der Waals surface area contributed by atoms with Crippen LogP contribution in [0.25, 0.3) is 0 Å². The number of hydrogen-bond acceptors (Lipinski definition) is 8. The van der Waals surface area contributed by atoms with Gasteiger partial charge in [0.25, 0.3) is 0 Å². The molecule has 0 heterocycles. The number of rotatable bonds is 14. The molecule has 0 bridgehead atoms. The molecule has 14 heteroatoms. The number of amides is 4. The maximum absolute atomic E-state index is 13.0. The number of phenolic OH excluding ortho intramolecular Hbond substituents is 1. The summed E-state index contributed by atoms with van der Waals surface area (Å²) < 4.78 is 0. The topological polar surface area (TPSA) is 251 Å². The first-order valence-electron chi connectivity index (χ1n) is 10.5. The van der Waals surface area contributed by atoms with E-state index in [0.29, 0.717) is 5.56 Å². The Hall–Kier alpha value is -4.20. The van der Waals surface area contributed by atoms with Crippen molar-refractivity contribution in [3.8, 4) is 5.75 Å². The Morgan fingerprint density at radius 2 is 1.43 bits per heavy atom. The fourth-order valence-electron chi connectivity index (χ4n) is 2.84. The fourth-order valence-corrected chi connectivity index (χ4v) is 2.84. The van der Waals surface area contributed by atoms with Crippen LogP contribution >= 0.6 is 0 Å². The van der Waals surface area contributed by atoms with Gasteiger partial charge in [-0.3, -0.25) is 28.8 Å². The van der Waals surface area contributed by atoms with Gasteiger partial charge < -0.3 is 42.7 Å². The molecule has 10 N–H and O–H groups in total. The first kappa shape index (κ1) is 28.8. The van der Waals surface area contributed by atoms with Gasteiger partial charge in [0.15, 0.2) is 0 Å². The Morgan fingerprint density at radius 3 is 1.94 bits per heavy atom. The van der Waals surface area contributed by atoms with Crippen molar-refractivity contribution in [2.45, 2.75) is 56.8 Å². The third-order valence-corrected chi connectivity index (χ3v) is 4.78. The molecule has 14 nitrogen and oxygen atoms in total. The lowest BCUT2D eigenvalue weighted by atomic mass is 10.0. The SMILES string of the molecule is CC(NC(=O)C(CCC(N)=O)NC(=O)C(Cc1ccc(O)cc1)NC(=O)C(N)CC(=O)O)C(=O)O. The number of primary amides is 1. The first-order valence-corrected chi connectivity index (χ1v) is 10.5. The average Bonchev–Trinajstić information content (AvgIpc) is 2.76. The summed E-state index contributed by atoms with van der Waals surface area (Å²) in [6.07, 6.45) is -1.39. The highest BCUT2D eigenvalue weighted by Crippen LogP contribution is 2.12. The molecule has 0 saturated heterocycles. The minimum atomic E-state index is -1.46. The molecule has 192 valence electrons. The number of carboxylic acid groups (broad SMARTS) is 2. The lowest BCUT2D eigenvalue weighted by Crippen LogP contribution is -2.57. The standard InChI is InChI=1S/C21H29N5O9/c1-10(21(34)35)24-19(32)14(6-7-16(23)28)25-20(33)15(8-11-2-4-12(27)5-3-11)26-18(31)13(22)9-17(29)30/h2-5,10,13-15,27H,6-9,22H2,1H3,(H2,23,28)(H,24,32)(H,25,33)(H,26,31)(H,29,30)(H,34,35). The van der Waals surface area contributed by atoms with Gasteiger partial charge in [0.05, 0.1) is 12.5 Å². The Bertz CT molecular complexity index is 951. The summed E-state index contributed by atoms with van der Waals surface area (Å²) >= 11 is 0. The van der Waals surface area contributed by atoms with E-state index < -0.39 is 66.2 Å². The van der Waals surface area contributed by atoms with Crippen molar-refractivity contribution < 1.29 is 44.1 Å². The van der Waals surface area contributed by atoms with Gasteiger partial charge >= 0.3 is 11.9 Å². The Balaban J connectivity index is 3.12. The van der Waals surface area contributed by atoms with Gasteiger partial charge in [-0.2, -0.15) is 0 Å². The molecular formula is C21H29N5O9. The lowest BCUT2D eigenvalue weighted by Gasteiger charge is -2.24. The van der Waals surface area contributed by atoms with Crippen LogP contribution in [0, 0.1) is 0 Å². The molecule has 0 fully saturated rings. The number of aromatic hydroxyl groups is 1. The second-order valence-corrected chi connectivity index (χ2v) is 7.77. The summed E-state index contributed by atoms with van der Waals surface area (Å²) in [4.78, 5) is 71.0. The molecule has 1 aromatic carbocycles. The van der Waals surface area contributed by atoms with Gasteiger partial charge in [-0.05, 0) is 31.0 Å². The number of carbonyl (C=O) groups excluding carboxylic acids is 4. The number of phenols is 1. The number of benzene rings is 1. The van der Waals surface area contributed by atoms with Crippen molar-refractivity contribution in [2.75, 3.05) is 0 Å². The van der Waals surface area contributed by atoms with Crippen molar-refractivity contribution in [1.82, 2.24) is 16.0 Å². The Kier molecular flexibility index (Phi) is 11.1. The maximum atomic E-state index is 13.0. The smallest absolute Gasteiger partial charge is 0.325 e. The van der Waals surface area contributed by atoms with Crippen LogP contribution in [0.15, 0.2) is 24.3 Å². The Labute approximate surface area is 200 Å². The minimum absolute atomic E-state index is 0.0435. The summed E-state index contributed by atoms with van der Waals surface area (Å²) in [7, 11) is 0. The summed E-state index contributed by atoms with van der Waals surface area (Å²) in [5.41, 5.74) is 11.2. The van der Waals surface area contributed by atoms with Crippen LogP contribution in [0.1, 0.15) is 31.7 Å². The van der Waals surface area contributed by atoms with Gasteiger partial charge in [0.2, 0.25) is 23.6 Å². The summed E-state index contributed by atoms with van der Waals surface area (Å²) in [6.45, 7) is 1.20. The number of hydrogen-bond donors (Lipinski definition) is 8. The molecule has 0 aliphatic carbocycles. The molecule has 4 atom stereocenters. The summed E-state index contributed by atoms with van der Waals surface area (Å²) in [5.74, 6) is -6.20. The first-order chi connectivity index (χ1) is 16.3. The molecule has 4 unspecified atom stereocenters. The molecule has 1 aromatic rings. The quantitative estimate of drug-likeness (QED) is 0.135. The molecule has 0 radical (unpaired) electrons. The predicted molar refractivity (Wildman–Crippen MR) is 120 cm³/mol. The molecule has 35 heavy (non-hydrogen) atoms. The van der Waals surface area contributed by atoms with Crippen LogP contribution in [0.3, 0.4) is 0 Å². The van der Waals surface area contributed by atoms with Crippen LogP contribution in [0.5, 0.6) is 5.75 Å². The number of nitrogens with one attached hydrogen (secondary N) is 3. The van der Waals surface area contributed by atoms with Gasteiger partial charge in [-0.1, -0.05) is 12.1 Å². The van der Waals surface area contributed by atoms with Gasteiger partial charge in [-0.15, -0.1) is 0 Å². The number of aliphatic carboxylic acids is 2. The average molecular weight is 495 g/mol. The van der Waals surface area contributed by atoms with Crippen molar-refractivity contribution in [3.63, 3.8) is 0 Å². The molecule has 0 aromatic heterocycles. The summed E-state index contributed by atoms with van der Waals surface area (Å²) in [5, 5.41) is 34.2. The third-order valence-electron chi connectivity index (χ3n) is 4.78. The van der Waals surface area contributed by atoms with E-state index in [1.165, 1.54) is 31.2 Å². The second kappa shape index (κ2) is 13.5. The van der Waals surface area contributed by atoms with Gasteiger partial charge in [0.1, 0.15) is 23.9 Å². The number of carbonyl (C=O) groups is 6. The van der Waals surface area contributed by atoms with E-state index in [4.69, 9.17) is 21.7 Å². The molecule has 1 rings (SSSR count). The Morgan fingerprint density at radius 1 is 0.886 bits per heavy atom. The highest BCUT2D eigenvalue weighted by molar-refractivity contribution is 5.95. The zero-order valence-corrected chi connectivity index (χ0v) is 18.9. The second-order valence-electron chi connectivity index (χ2n) is 7.77. The van der Waals surface area contributed by atoms with Crippen LogP contribution in [0.2, 0.25) is 0 Å². The van der Waals surface area contributed by atoms with Crippen molar-refractivity contribution >= 4 is 35.6 Å². The fraction of sp³-hybridized carbons (Fsp3) is 0.429. The predicted octanol–water partition coefficient (Wildman–Crippen LogP) is -2.44. The number of carboxylic acids is 2. The van der Waals surface area contributed by atoms with E-state index >= 15 is 0 Å². The van der Waals surface area contributed by atoms with Crippen LogP contribution in [-0.4, -0.2) is 75.1 Å². The van der Waals surface area contributed by atoms with Crippen LogP contribution in [-0.2, 0) is 35.2 Å². The number of nitrogens with two attached hydrogens (primary N) is 2. The zero-order valence-electron chi connectivity index (χ0n) is 18.9. The zero-order chi connectivity index (χ0) is 26.7. The van der Waals surface area contributed by atoms with Gasteiger partial charge in [-0.25, -0.2) is 0 Å². The van der Waals surface area contributed by atoms with E-state index in [2.05, 4.69) is 16.0 Å². The van der Waals surface area contributed by atoms with Crippen molar-refractivity contribution in [3.05, 3.63) is 29.8 Å². The maximum Gasteiger partial charge on any atom is 0.325 e. The van der Waals surface area contributed by atoms with Gasteiger partial charge in [0, 0.05) is 12.8 Å². The van der Waals surface area contributed by atoms with Crippen molar-refractivity contribution in [1.29, 1.82) is 0 Å². The highest BCUT2D eigenvalue weighted by Gasteiger charge is 2.30. The van der Waals surface area contributed by atoms with E-state index in [0.717, 1.165) is 0 Å². The van der Waals surface area contributed by atoms with Crippen LogP contribution in [0.4, 0.5) is 0 Å². The minimum Gasteiger partial charge on any atom is -0.508 e. The largest absolute Gasteiger partial charge is 0.508 e. The molecular weight excluding hydrogens is 466 g/mol.